The van der Waals surface area contributed by atoms with Gasteiger partial charge in [-0.3, -0.25) is 0 Å². The highest BCUT2D eigenvalue weighted by Gasteiger charge is 2.06. The Morgan fingerprint density at radius 1 is 1.46 bits per heavy atom. The number of halogens is 1. The van der Waals surface area contributed by atoms with Crippen LogP contribution < -0.4 is 10.8 Å². The summed E-state index contributed by atoms with van der Waals surface area (Å²) in [6.45, 7) is 0.517. The number of rotatable bonds is 2. The van der Waals surface area contributed by atoms with Crippen molar-refractivity contribution < 1.29 is 5.11 Å². The highest BCUT2D eigenvalue weighted by Crippen LogP contribution is 2.24. The second kappa shape index (κ2) is 5.36. The van der Waals surface area contributed by atoms with Crippen molar-refractivity contribution in [1.82, 2.24) is 0 Å². The van der Waals surface area contributed by atoms with Crippen molar-refractivity contribution in [2.45, 2.75) is 6.42 Å². The fourth-order valence-corrected chi connectivity index (χ4v) is 0.963. The monoisotopic (exact) mass is 199 g/mol. The summed E-state index contributed by atoms with van der Waals surface area (Å²) in [6.07, 6.45) is 0.683. The number of nitrogens with zero attached hydrogens (tertiary/aromatic N) is 2. The van der Waals surface area contributed by atoms with Crippen molar-refractivity contribution in [2.75, 3.05) is 6.54 Å². The smallest absolute Gasteiger partial charge is 0.377 e. The van der Waals surface area contributed by atoms with Gasteiger partial charge in [0.05, 0.1) is 0 Å². The van der Waals surface area contributed by atoms with Crippen molar-refractivity contribution in [2.24, 2.45) is 5.73 Å². The first-order chi connectivity index (χ1) is 5.77. The fourth-order valence-electron chi connectivity index (χ4n) is 0.963. The average molecular weight is 200 g/mol. The van der Waals surface area contributed by atoms with Crippen LogP contribution in [0.1, 0.15) is 5.56 Å². The standard InChI is InChI=1S/C8H9N3O.ClH/c9-4-3-6-1-2-8(12)7(5-6)11-10;/h1-2,5H,3-4,9H2;1H. The lowest BCUT2D eigenvalue weighted by atomic mass is 10.1. The summed E-state index contributed by atoms with van der Waals surface area (Å²) < 4.78 is 0. The fraction of sp³-hybridized carbons (Fsp3) is 0.250. The summed E-state index contributed by atoms with van der Waals surface area (Å²) in [5, 5.41) is 19.3. The first-order valence-corrected chi connectivity index (χ1v) is 3.63. The molecular formula is C8H10ClN3O. The number of hydrogen-bond acceptors (Lipinski definition) is 3. The van der Waals surface area contributed by atoms with Crippen LogP contribution in [0.4, 0.5) is 5.69 Å². The van der Waals surface area contributed by atoms with Gasteiger partial charge < -0.3 is 10.8 Å². The van der Waals surface area contributed by atoms with Crippen molar-refractivity contribution in [3.63, 3.8) is 0 Å². The molecule has 0 aromatic heterocycles. The van der Waals surface area contributed by atoms with Gasteiger partial charge in [-0.2, -0.15) is 0 Å². The Balaban J connectivity index is 0.00000144. The van der Waals surface area contributed by atoms with Gasteiger partial charge in [-0.1, -0.05) is 12.1 Å². The zero-order valence-corrected chi connectivity index (χ0v) is 7.75. The maximum Gasteiger partial charge on any atom is 0.377 e. The van der Waals surface area contributed by atoms with Gasteiger partial charge in [0.1, 0.15) is 0 Å². The summed E-state index contributed by atoms with van der Waals surface area (Å²) in [5.41, 5.74) is 6.30. The first kappa shape index (κ1) is 11.7. The Morgan fingerprint density at radius 3 is 2.69 bits per heavy atom. The van der Waals surface area contributed by atoms with E-state index >= 15 is 0 Å². The minimum Gasteiger partial charge on any atom is -0.867 e. The predicted octanol–water partition coefficient (Wildman–Crippen LogP) is 1.17. The highest BCUT2D eigenvalue weighted by molar-refractivity contribution is 5.85. The van der Waals surface area contributed by atoms with Crippen LogP contribution in [0.15, 0.2) is 18.2 Å². The van der Waals surface area contributed by atoms with Crippen molar-refractivity contribution in [3.05, 3.63) is 28.7 Å². The lowest BCUT2D eigenvalue weighted by Gasteiger charge is -2.01. The van der Waals surface area contributed by atoms with E-state index in [2.05, 4.69) is 4.98 Å². The molecule has 2 N–H and O–H groups in total. The van der Waals surface area contributed by atoms with Gasteiger partial charge in [0, 0.05) is 6.07 Å². The van der Waals surface area contributed by atoms with E-state index in [1.807, 2.05) is 0 Å². The second-order valence-corrected chi connectivity index (χ2v) is 2.44. The summed E-state index contributed by atoms with van der Waals surface area (Å²) in [5.74, 6) is -0.279. The molecule has 0 aliphatic carbocycles. The van der Waals surface area contributed by atoms with E-state index in [1.165, 1.54) is 12.1 Å². The topological polar surface area (TPSA) is 77.2 Å². The molecule has 0 bridgehead atoms. The normalized spacial score (nSPS) is 8.62. The summed E-state index contributed by atoms with van der Waals surface area (Å²) in [6, 6.07) is 4.60. The SMILES string of the molecule is Cl.N#[N+]c1cc(CCN)ccc1[O-]. The Hall–Kier alpha value is -1.31. The molecule has 5 heteroatoms. The lowest BCUT2D eigenvalue weighted by Crippen LogP contribution is -2.02. The lowest BCUT2D eigenvalue weighted by molar-refractivity contribution is -0.266. The summed E-state index contributed by atoms with van der Waals surface area (Å²) in [7, 11) is 0. The molecule has 0 atom stereocenters. The highest BCUT2D eigenvalue weighted by atomic mass is 35.5. The average Bonchev–Trinajstić information content (AvgIpc) is 2.09. The number of diazo groups is 1. The minimum absolute atomic E-state index is 0. The van der Waals surface area contributed by atoms with Crippen molar-refractivity contribution in [1.29, 1.82) is 5.39 Å². The molecule has 1 rings (SSSR count). The molecule has 0 spiro atoms. The maximum atomic E-state index is 10.9. The second-order valence-electron chi connectivity index (χ2n) is 2.44. The predicted molar refractivity (Wildman–Crippen MR) is 50.6 cm³/mol. The molecule has 0 aliphatic heterocycles. The first-order valence-electron chi connectivity index (χ1n) is 3.63. The molecule has 0 aliphatic rings. The van der Waals surface area contributed by atoms with Crippen LogP contribution in [-0.4, -0.2) is 6.54 Å². The van der Waals surface area contributed by atoms with Gasteiger partial charge >= 0.3 is 5.69 Å². The van der Waals surface area contributed by atoms with Crippen molar-refractivity contribution in [3.8, 4) is 5.75 Å². The third-order valence-corrected chi connectivity index (χ3v) is 1.56. The summed E-state index contributed by atoms with van der Waals surface area (Å²) >= 11 is 0. The van der Waals surface area contributed by atoms with Crippen molar-refractivity contribution >= 4 is 18.1 Å². The number of benzene rings is 1. The molecular weight excluding hydrogens is 190 g/mol. The molecule has 0 radical (unpaired) electrons. The number of hydrogen-bond donors (Lipinski definition) is 1. The van der Waals surface area contributed by atoms with E-state index in [9.17, 15) is 5.11 Å². The summed E-state index contributed by atoms with van der Waals surface area (Å²) in [4.78, 5) is 2.86. The third-order valence-electron chi connectivity index (χ3n) is 1.56. The molecule has 13 heavy (non-hydrogen) atoms. The maximum absolute atomic E-state index is 10.9. The van der Waals surface area contributed by atoms with E-state index in [-0.39, 0.29) is 23.8 Å². The van der Waals surface area contributed by atoms with Crippen LogP contribution in [-0.2, 0) is 6.42 Å². The van der Waals surface area contributed by atoms with Gasteiger partial charge in [-0.15, -0.1) is 12.4 Å². The van der Waals surface area contributed by atoms with E-state index in [1.54, 1.807) is 6.07 Å². The van der Waals surface area contributed by atoms with Crippen LogP contribution in [0, 0.1) is 5.39 Å². The Morgan fingerprint density at radius 2 is 2.15 bits per heavy atom. The van der Waals surface area contributed by atoms with Gasteiger partial charge in [-0.05, 0) is 24.3 Å². The Bertz CT molecular complexity index is 322. The number of nitrogens with two attached hydrogens (primary N) is 1. The van der Waals surface area contributed by atoms with Gasteiger partial charge in [0.2, 0.25) is 5.39 Å². The molecule has 0 amide bonds. The van der Waals surface area contributed by atoms with Gasteiger partial charge in [0.25, 0.3) is 0 Å². The molecule has 1 aromatic carbocycles. The van der Waals surface area contributed by atoms with Crippen LogP contribution in [0.5, 0.6) is 5.75 Å². The Kier molecular flexibility index (Phi) is 4.82. The van der Waals surface area contributed by atoms with Crippen LogP contribution in [0.3, 0.4) is 0 Å². The molecule has 4 nitrogen and oxygen atoms in total. The van der Waals surface area contributed by atoms with Gasteiger partial charge in [-0.25, -0.2) is 0 Å². The van der Waals surface area contributed by atoms with E-state index < -0.39 is 0 Å². The molecule has 1 aromatic rings. The minimum atomic E-state index is -0.279. The van der Waals surface area contributed by atoms with E-state index in [4.69, 9.17) is 11.1 Å². The Labute approximate surface area is 82.4 Å². The van der Waals surface area contributed by atoms with E-state index in [0.717, 1.165) is 5.56 Å². The van der Waals surface area contributed by atoms with Gasteiger partial charge in [0.15, 0.2) is 4.98 Å². The molecule has 70 valence electrons. The molecule has 0 saturated heterocycles. The molecule has 0 unspecified atom stereocenters. The van der Waals surface area contributed by atoms with Crippen LogP contribution in [0.2, 0.25) is 0 Å². The molecule has 0 saturated carbocycles. The molecule has 0 fully saturated rings. The largest absolute Gasteiger partial charge is 0.867 e. The third kappa shape index (κ3) is 2.90. The molecule has 0 heterocycles. The van der Waals surface area contributed by atoms with E-state index in [0.29, 0.717) is 13.0 Å². The van der Waals surface area contributed by atoms with Crippen LogP contribution in [0.25, 0.3) is 4.98 Å². The quantitative estimate of drug-likeness (QED) is 0.727. The van der Waals surface area contributed by atoms with Crippen LogP contribution >= 0.6 is 12.4 Å². The zero-order chi connectivity index (χ0) is 8.97. The zero-order valence-electron chi connectivity index (χ0n) is 6.93.